The number of hydrogen-bond donors (Lipinski definition) is 4. The number of anilines is 1. The number of amides is 4. The van der Waals surface area contributed by atoms with E-state index in [1.165, 1.54) is 37.4 Å². The Balaban J connectivity index is 1.79. The fourth-order valence-corrected chi connectivity index (χ4v) is 6.35. The summed E-state index contributed by atoms with van der Waals surface area (Å²) < 4.78 is 0. The SMILES string of the molecule is CC(=O)[C@@](C(=O)O)(N1C(=O)N(Cc2cccc3ccccc23)[C@](C)(c2ccc(C=NN)cc2)C1=O)N(C(=O)[C@@H](N)CC(=O)O)c1ccccc1. The molecule has 256 valence electrons. The number of fused-ring (bicyclic) bond motifs is 1. The molecule has 0 radical (unpaired) electrons. The molecular formula is C36H34N6O8. The fraction of sp³-hybridized carbons (Fsp3) is 0.194. The second-order valence-corrected chi connectivity index (χ2v) is 11.9. The van der Waals surface area contributed by atoms with Crippen LogP contribution in [-0.4, -0.2) is 73.5 Å². The first kappa shape index (κ1) is 34.9. The van der Waals surface area contributed by atoms with Crippen molar-refractivity contribution in [3.63, 3.8) is 0 Å². The molecule has 0 saturated carbocycles. The summed E-state index contributed by atoms with van der Waals surface area (Å²) in [5, 5.41) is 25.5. The molecule has 4 aromatic carbocycles. The highest BCUT2D eigenvalue weighted by Gasteiger charge is 2.69. The lowest BCUT2D eigenvalue weighted by Crippen LogP contribution is -2.74. The molecule has 4 amide bonds. The van der Waals surface area contributed by atoms with Crippen molar-refractivity contribution >= 4 is 58.2 Å². The number of urea groups is 1. The van der Waals surface area contributed by atoms with Crippen LogP contribution in [0.3, 0.4) is 0 Å². The third-order valence-electron chi connectivity index (χ3n) is 8.87. The summed E-state index contributed by atoms with van der Waals surface area (Å²) in [5.74, 6) is -1.98. The van der Waals surface area contributed by atoms with E-state index in [4.69, 9.17) is 11.6 Å². The molecule has 0 bridgehead atoms. The number of Topliss-reactive ketones (excluding diaryl/α,β-unsaturated/α-hetero) is 1. The number of hydrogen-bond acceptors (Lipinski definition) is 9. The van der Waals surface area contributed by atoms with Crippen molar-refractivity contribution in [2.24, 2.45) is 16.7 Å². The van der Waals surface area contributed by atoms with E-state index in [0.29, 0.717) is 16.0 Å². The number of nitrogens with two attached hydrogens (primary N) is 2. The highest BCUT2D eigenvalue weighted by atomic mass is 16.4. The average Bonchev–Trinajstić information content (AvgIpc) is 3.28. The van der Waals surface area contributed by atoms with Crippen LogP contribution in [0, 0.1) is 0 Å². The molecule has 0 aromatic heterocycles. The summed E-state index contributed by atoms with van der Waals surface area (Å²) in [6, 6.07) is 22.9. The van der Waals surface area contributed by atoms with Crippen molar-refractivity contribution in [3.05, 3.63) is 114 Å². The summed E-state index contributed by atoms with van der Waals surface area (Å²) in [7, 11) is 0. The number of imide groups is 1. The van der Waals surface area contributed by atoms with Crippen LogP contribution in [-0.2, 0) is 36.1 Å². The van der Waals surface area contributed by atoms with E-state index in [0.717, 1.165) is 22.6 Å². The van der Waals surface area contributed by atoms with E-state index in [9.17, 15) is 34.2 Å². The zero-order valence-electron chi connectivity index (χ0n) is 27.1. The van der Waals surface area contributed by atoms with Gasteiger partial charge in [0.15, 0.2) is 5.78 Å². The number of aliphatic carboxylic acids is 2. The molecule has 50 heavy (non-hydrogen) atoms. The van der Waals surface area contributed by atoms with Crippen LogP contribution in [0.1, 0.15) is 37.0 Å². The number of carbonyl (C=O) groups excluding carboxylic acids is 4. The van der Waals surface area contributed by atoms with Crippen molar-refractivity contribution in [3.8, 4) is 0 Å². The number of carboxylic acids is 2. The second-order valence-electron chi connectivity index (χ2n) is 11.9. The molecule has 1 aliphatic rings. The molecule has 5 rings (SSSR count). The average molecular weight is 679 g/mol. The van der Waals surface area contributed by atoms with Crippen molar-refractivity contribution < 1.29 is 39.0 Å². The number of rotatable bonds is 12. The number of nitrogens with zero attached hydrogens (tertiary/aromatic N) is 4. The van der Waals surface area contributed by atoms with Crippen molar-refractivity contribution in [2.45, 2.75) is 44.1 Å². The summed E-state index contributed by atoms with van der Waals surface area (Å²) in [6.07, 6.45) is 0.421. The van der Waals surface area contributed by atoms with Gasteiger partial charge in [-0.2, -0.15) is 5.10 Å². The minimum absolute atomic E-state index is 0.226. The number of hydrazone groups is 1. The Morgan fingerprint density at radius 3 is 2.14 bits per heavy atom. The molecule has 6 N–H and O–H groups in total. The lowest BCUT2D eigenvalue weighted by atomic mass is 9.88. The standard InChI is InChI=1S/C36H34N6O8/c1-22(43)36(33(48)49,41(27-12-4-3-5-13-27)31(46)29(37)19-30(44)45)42-32(47)35(2,26-17-15-23(16-18-26)20-39-38)40(34(42)50)21-25-11-8-10-24-9-6-7-14-28(24)25/h3-18,20,29H,19,21,37-38H2,1-2H3,(H,44,45)(H,48,49)/t29-,35+,36-/m0/s1. The topological polar surface area (TPSA) is 217 Å². The van der Waals surface area contributed by atoms with Gasteiger partial charge in [-0.05, 0) is 53.4 Å². The van der Waals surface area contributed by atoms with Gasteiger partial charge in [0.1, 0.15) is 5.54 Å². The molecule has 14 heteroatoms. The minimum atomic E-state index is -3.34. The Morgan fingerprint density at radius 1 is 0.920 bits per heavy atom. The Hall–Kier alpha value is -6.41. The fourth-order valence-electron chi connectivity index (χ4n) is 6.35. The Morgan fingerprint density at radius 2 is 1.54 bits per heavy atom. The zero-order chi connectivity index (χ0) is 36.4. The van der Waals surface area contributed by atoms with Crippen LogP contribution in [0.15, 0.2) is 102 Å². The first-order valence-corrected chi connectivity index (χ1v) is 15.4. The largest absolute Gasteiger partial charge is 0.481 e. The Kier molecular flexibility index (Phi) is 9.50. The molecule has 1 aliphatic heterocycles. The quantitative estimate of drug-likeness (QED) is 0.0564. The molecule has 1 heterocycles. The highest BCUT2D eigenvalue weighted by Crippen LogP contribution is 2.44. The van der Waals surface area contributed by atoms with Gasteiger partial charge in [0.05, 0.1) is 18.7 Å². The molecule has 0 unspecified atom stereocenters. The van der Waals surface area contributed by atoms with Gasteiger partial charge >= 0.3 is 18.0 Å². The van der Waals surface area contributed by atoms with Crippen LogP contribution in [0.4, 0.5) is 10.5 Å². The molecular weight excluding hydrogens is 644 g/mol. The summed E-state index contributed by atoms with van der Waals surface area (Å²) in [4.78, 5) is 85.0. The van der Waals surface area contributed by atoms with Crippen molar-refractivity contribution in [1.29, 1.82) is 0 Å². The maximum Gasteiger partial charge on any atom is 0.360 e. The van der Waals surface area contributed by atoms with E-state index >= 15 is 4.79 Å². The molecule has 14 nitrogen and oxygen atoms in total. The van der Waals surface area contributed by atoms with Gasteiger partial charge in [0, 0.05) is 12.2 Å². The second kappa shape index (κ2) is 13.6. The maximum atomic E-state index is 15.0. The Labute approximate surface area is 286 Å². The van der Waals surface area contributed by atoms with Gasteiger partial charge < -0.3 is 26.7 Å². The monoisotopic (exact) mass is 678 g/mol. The molecule has 0 spiro atoms. The number of carbonyl (C=O) groups is 6. The summed E-state index contributed by atoms with van der Waals surface area (Å²) >= 11 is 0. The van der Waals surface area contributed by atoms with Gasteiger partial charge in [0.25, 0.3) is 11.6 Å². The minimum Gasteiger partial charge on any atom is -0.481 e. The lowest BCUT2D eigenvalue weighted by molar-refractivity contribution is -0.162. The Bertz CT molecular complexity index is 2010. The van der Waals surface area contributed by atoms with Crippen molar-refractivity contribution in [1.82, 2.24) is 9.80 Å². The number of para-hydroxylation sites is 1. The molecule has 4 aromatic rings. The normalized spacial score (nSPS) is 17.9. The predicted octanol–water partition coefficient (Wildman–Crippen LogP) is 3.02. The highest BCUT2D eigenvalue weighted by molar-refractivity contribution is 6.24. The molecule has 1 saturated heterocycles. The maximum absolute atomic E-state index is 15.0. The van der Waals surface area contributed by atoms with Gasteiger partial charge in [-0.1, -0.05) is 84.9 Å². The molecule has 0 aliphatic carbocycles. The van der Waals surface area contributed by atoms with Gasteiger partial charge in [0.2, 0.25) is 5.91 Å². The van der Waals surface area contributed by atoms with E-state index in [1.54, 1.807) is 48.5 Å². The van der Waals surface area contributed by atoms with Gasteiger partial charge in [-0.15, -0.1) is 0 Å². The van der Waals surface area contributed by atoms with E-state index in [2.05, 4.69) is 5.10 Å². The first-order valence-electron chi connectivity index (χ1n) is 15.4. The third-order valence-corrected chi connectivity index (χ3v) is 8.87. The number of ketones is 1. The number of carboxylic acid groups (broad SMARTS) is 2. The lowest BCUT2D eigenvalue weighted by Gasteiger charge is -2.43. The van der Waals surface area contributed by atoms with Crippen LogP contribution in [0.5, 0.6) is 0 Å². The van der Waals surface area contributed by atoms with E-state index < -0.39 is 59.2 Å². The van der Waals surface area contributed by atoms with Gasteiger partial charge in [-0.3, -0.25) is 24.1 Å². The molecule has 3 atom stereocenters. The third kappa shape index (κ3) is 5.71. The van der Waals surface area contributed by atoms with Crippen molar-refractivity contribution in [2.75, 3.05) is 4.90 Å². The van der Waals surface area contributed by atoms with Crippen LogP contribution < -0.4 is 16.5 Å². The van der Waals surface area contributed by atoms with Crippen LogP contribution >= 0.6 is 0 Å². The zero-order valence-corrected chi connectivity index (χ0v) is 27.1. The molecule has 1 fully saturated rings. The summed E-state index contributed by atoms with van der Waals surface area (Å²) in [6.45, 7) is 2.02. The predicted molar refractivity (Wildman–Crippen MR) is 183 cm³/mol. The smallest absolute Gasteiger partial charge is 0.360 e. The number of benzene rings is 4. The van der Waals surface area contributed by atoms with E-state index in [-0.39, 0.29) is 22.7 Å². The van der Waals surface area contributed by atoms with Gasteiger partial charge in [-0.25, -0.2) is 14.5 Å². The van der Waals surface area contributed by atoms with Crippen LogP contribution in [0.25, 0.3) is 10.8 Å². The summed E-state index contributed by atoms with van der Waals surface area (Å²) in [5.41, 5.74) is 1.89. The first-order chi connectivity index (χ1) is 23.8. The van der Waals surface area contributed by atoms with Crippen LogP contribution in [0.2, 0.25) is 0 Å². The van der Waals surface area contributed by atoms with E-state index in [1.807, 2.05) is 24.3 Å².